The molecule has 118 valence electrons. The Labute approximate surface area is 142 Å². The predicted octanol–water partition coefficient (Wildman–Crippen LogP) is 3.37. The summed E-state index contributed by atoms with van der Waals surface area (Å²) >= 11 is 3.04. The molecular formula is C16H16N4OS2. The topological polar surface area (TPSA) is 60.7 Å². The SMILES string of the molecule is Cc1ccc(C(=O)CSc2nnnn2Cc2cccs2)c(C)c1. The number of hydrogen-bond donors (Lipinski definition) is 0. The number of ketones is 1. The zero-order valence-electron chi connectivity index (χ0n) is 12.9. The molecule has 0 fully saturated rings. The van der Waals surface area contributed by atoms with Crippen LogP contribution in [0.3, 0.4) is 0 Å². The van der Waals surface area contributed by atoms with Gasteiger partial charge in [-0.3, -0.25) is 4.79 Å². The average molecular weight is 344 g/mol. The molecule has 3 aromatic rings. The van der Waals surface area contributed by atoms with Gasteiger partial charge in [0.2, 0.25) is 5.16 Å². The Morgan fingerprint density at radius 2 is 2.17 bits per heavy atom. The summed E-state index contributed by atoms with van der Waals surface area (Å²) in [5.74, 6) is 0.424. The molecule has 0 aliphatic carbocycles. The lowest BCUT2D eigenvalue weighted by atomic mass is 10.0. The van der Waals surface area contributed by atoms with Crippen molar-refractivity contribution in [3.8, 4) is 0 Å². The fourth-order valence-corrected chi connectivity index (χ4v) is 3.73. The van der Waals surface area contributed by atoms with Gasteiger partial charge in [0.05, 0.1) is 12.3 Å². The van der Waals surface area contributed by atoms with Crippen molar-refractivity contribution in [3.05, 3.63) is 57.3 Å². The van der Waals surface area contributed by atoms with Crippen LogP contribution < -0.4 is 0 Å². The molecule has 5 nitrogen and oxygen atoms in total. The molecule has 7 heteroatoms. The van der Waals surface area contributed by atoms with Gasteiger partial charge in [-0.25, -0.2) is 4.68 Å². The van der Waals surface area contributed by atoms with Gasteiger partial charge < -0.3 is 0 Å². The second-order valence-electron chi connectivity index (χ2n) is 5.23. The van der Waals surface area contributed by atoms with Crippen molar-refractivity contribution in [1.82, 2.24) is 20.2 Å². The fraction of sp³-hybridized carbons (Fsp3) is 0.250. The first-order valence-corrected chi connectivity index (χ1v) is 9.02. The third-order valence-electron chi connectivity index (χ3n) is 3.40. The van der Waals surface area contributed by atoms with Crippen molar-refractivity contribution < 1.29 is 4.79 Å². The van der Waals surface area contributed by atoms with Crippen LogP contribution in [0.2, 0.25) is 0 Å². The molecule has 3 rings (SSSR count). The third kappa shape index (κ3) is 3.86. The molecule has 0 aliphatic heterocycles. The van der Waals surface area contributed by atoms with Crippen molar-refractivity contribution >= 4 is 28.9 Å². The van der Waals surface area contributed by atoms with E-state index in [4.69, 9.17) is 0 Å². The molecule has 0 unspecified atom stereocenters. The van der Waals surface area contributed by atoms with Crippen LogP contribution in [-0.4, -0.2) is 31.7 Å². The number of carbonyl (C=O) groups is 1. The lowest BCUT2D eigenvalue weighted by molar-refractivity contribution is 0.102. The van der Waals surface area contributed by atoms with Gasteiger partial charge in [-0.1, -0.05) is 41.6 Å². The number of rotatable bonds is 6. The molecule has 0 atom stereocenters. The molecule has 2 aromatic heterocycles. The van der Waals surface area contributed by atoms with E-state index in [9.17, 15) is 4.79 Å². The van der Waals surface area contributed by atoms with Crippen LogP contribution in [0.5, 0.6) is 0 Å². The van der Waals surface area contributed by atoms with E-state index < -0.39 is 0 Å². The highest BCUT2D eigenvalue weighted by Crippen LogP contribution is 2.20. The number of benzene rings is 1. The first-order valence-electron chi connectivity index (χ1n) is 7.15. The van der Waals surface area contributed by atoms with Gasteiger partial charge in [0, 0.05) is 10.4 Å². The Balaban J connectivity index is 1.66. The monoisotopic (exact) mass is 344 g/mol. The summed E-state index contributed by atoms with van der Waals surface area (Å²) in [5.41, 5.74) is 2.93. The zero-order valence-corrected chi connectivity index (χ0v) is 14.5. The fourth-order valence-electron chi connectivity index (χ4n) is 2.28. The number of thiophene rings is 1. The van der Waals surface area contributed by atoms with E-state index in [-0.39, 0.29) is 5.78 Å². The molecule has 0 spiro atoms. The van der Waals surface area contributed by atoms with E-state index in [0.29, 0.717) is 17.5 Å². The van der Waals surface area contributed by atoms with Gasteiger partial charge in [0.25, 0.3) is 0 Å². The quantitative estimate of drug-likeness (QED) is 0.507. The summed E-state index contributed by atoms with van der Waals surface area (Å²) in [6.45, 7) is 4.62. The van der Waals surface area contributed by atoms with E-state index in [1.807, 2.05) is 49.6 Å². The number of tetrazole rings is 1. The van der Waals surface area contributed by atoms with Gasteiger partial charge in [0.1, 0.15) is 0 Å². The lowest BCUT2D eigenvalue weighted by Crippen LogP contribution is -2.07. The molecule has 0 radical (unpaired) electrons. The lowest BCUT2D eigenvalue weighted by Gasteiger charge is -2.06. The molecule has 0 N–H and O–H groups in total. The molecule has 23 heavy (non-hydrogen) atoms. The number of Topliss-reactive ketones (excluding diaryl/α,β-unsaturated/α-hetero) is 1. The van der Waals surface area contributed by atoms with Crippen LogP contribution >= 0.6 is 23.1 Å². The molecule has 0 aliphatic rings. The number of aromatic nitrogens is 4. The predicted molar refractivity (Wildman–Crippen MR) is 92.2 cm³/mol. The Bertz CT molecular complexity index is 811. The van der Waals surface area contributed by atoms with Gasteiger partial charge in [0.15, 0.2) is 5.78 Å². The Kier molecular flexibility index (Phi) is 4.88. The average Bonchev–Trinajstić information content (AvgIpc) is 3.17. The molecule has 0 bridgehead atoms. The minimum atomic E-state index is 0.0955. The highest BCUT2D eigenvalue weighted by atomic mass is 32.2. The number of thioether (sulfide) groups is 1. The molecule has 0 amide bonds. The van der Waals surface area contributed by atoms with Crippen LogP contribution in [0, 0.1) is 13.8 Å². The maximum absolute atomic E-state index is 12.4. The summed E-state index contributed by atoms with van der Waals surface area (Å²) in [5, 5.41) is 14.4. The third-order valence-corrected chi connectivity index (χ3v) is 5.22. The number of nitrogens with zero attached hydrogens (tertiary/aromatic N) is 4. The number of hydrogen-bond acceptors (Lipinski definition) is 6. The van der Waals surface area contributed by atoms with E-state index in [1.54, 1.807) is 16.0 Å². The van der Waals surface area contributed by atoms with E-state index in [1.165, 1.54) is 16.6 Å². The maximum Gasteiger partial charge on any atom is 0.210 e. The van der Waals surface area contributed by atoms with Crippen LogP contribution in [0.15, 0.2) is 40.9 Å². The second-order valence-corrected chi connectivity index (χ2v) is 7.20. The highest BCUT2D eigenvalue weighted by Gasteiger charge is 2.13. The summed E-state index contributed by atoms with van der Waals surface area (Å²) in [7, 11) is 0. The van der Waals surface area contributed by atoms with Crippen LogP contribution in [0.4, 0.5) is 0 Å². The van der Waals surface area contributed by atoms with Gasteiger partial charge in [-0.05, 0) is 41.3 Å². The van der Waals surface area contributed by atoms with Crippen molar-refractivity contribution in [2.45, 2.75) is 25.5 Å². The first-order chi connectivity index (χ1) is 11.1. The van der Waals surface area contributed by atoms with E-state index in [0.717, 1.165) is 16.7 Å². The Morgan fingerprint density at radius 1 is 1.30 bits per heavy atom. The second kappa shape index (κ2) is 7.06. The van der Waals surface area contributed by atoms with Crippen LogP contribution in [0.25, 0.3) is 0 Å². The number of carbonyl (C=O) groups excluding carboxylic acids is 1. The number of aryl methyl sites for hydroxylation is 2. The van der Waals surface area contributed by atoms with Crippen LogP contribution in [-0.2, 0) is 6.54 Å². The summed E-state index contributed by atoms with van der Waals surface area (Å²) in [6.07, 6.45) is 0. The largest absolute Gasteiger partial charge is 0.293 e. The molecule has 2 heterocycles. The van der Waals surface area contributed by atoms with Crippen molar-refractivity contribution in [2.75, 3.05) is 5.75 Å². The van der Waals surface area contributed by atoms with Gasteiger partial charge in [-0.15, -0.1) is 16.4 Å². The summed E-state index contributed by atoms with van der Waals surface area (Å²) < 4.78 is 1.73. The van der Waals surface area contributed by atoms with Crippen LogP contribution in [0.1, 0.15) is 26.4 Å². The smallest absolute Gasteiger partial charge is 0.210 e. The van der Waals surface area contributed by atoms with Gasteiger partial charge >= 0.3 is 0 Å². The minimum absolute atomic E-state index is 0.0955. The summed E-state index contributed by atoms with van der Waals surface area (Å²) in [6, 6.07) is 9.93. The normalized spacial score (nSPS) is 10.9. The van der Waals surface area contributed by atoms with Crippen molar-refractivity contribution in [2.24, 2.45) is 0 Å². The highest BCUT2D eigenvalue weighted by molar-refractivity contribution is 7.99. The molecule has 1 aromatic carbocycles. The minimum Gasteiger partial charge on any atom is -0.293 e. The Morgan fingerprint density at radius 3 is 2.91 bits per heavy atom. The zero-order chi connectivity index (χ0) is 16.2. The Hall–Kier alpha value is -1.99. The standard InChI is InChI=1S/C16H16N4OS2/c1-11-5-6-14(12(2)8-11)15(21)10-23-16-17-18-19-20(16)9-13-4-3-7-22-13/h3-8H,9-10H2,1-2H3. The van der Waals surface area contributed by atoms with Crippen molar-refractivity contribution in [3.63, 3.8) is 0 Å². The summed E-state index contributed by atoms with van der Waals surface area (Å²) in [4.78, 5) is 13.6. The molecule has 0 saturated heterocycles. The first kappa shape index (κ1) is 15.9. The van der Waals surface area contributed by atoms with E-state index >= 15 is 0 Å². The molecular weight excluding hydrogens is 328 g/mol. The van der Waals surface area contributed by atoms with E-state index in [2.05, 4.69) is 15.5 Å². The van der Waals surface area contributed by atoms with Crippen molar-refractivity contribution in [1.29, 1.82) is 0 Å². The molecule has 0 saturated carbocycles. The maximum atomic E-state index is 12.4. The van der Waals surface area contributed by atoms with Gasteiger partial charge in [-0.2, -0.15) is 0 Å².